The Balaban J connectivity index is 2.32. The minimum absolute atomic E-state index is 0.341. The number of ether oxygens (including phenoxy) is 1. The molecule has 0 amide bonds. The van der Waals surface area contributed by atoms with Crippen LogP contribution in [0, 0.1) is 6.92 Å². The lowest BCUT2D eigenvalue weighted by Gasteiger charge is -2.11. The molecule has 0 fully saturated rings. The van der Waals surface area contributed by atoms with E-state index < -0.39 is 10.8 Å². The monoisotopic (exact) mass is 309 g/mol. The predicted molar refractivity (Wildman–Crippen MR) is 83.7 cm³/mol. The van der Waals surface area contributed by atoms with Crippen LogP contribution >= 0.6 is 11.6 Å². The normalized spacial score (nSPS) is 12.2. The first-order valence-corrected chi connectivity index (χ1v) is 7.78. The number of methoxy groups -OCH3 is 1. The number of anilines is 1. The van der Waals surface area contributed by atoms with Gasteiger partial charge < -0.3 is 10.5 Å². The largest absolute Gasteiger partial charge is 0.496 e. The molecule has 3 nitrogen and oxygen atoms in total. The third-order valence-electron chi connectivity index (χ3n) is 3.10. The highest BCUT2D eigenvalue weighted by Crippen LogP contribution is 2.27. The van der Waals surface area contributed by atoms with E-state index in [0.717, 1.165) is 16.0 Å². The predicted octanol–water partition coefficient (Wildman–Crippen LogP) is 3.55. The molecule has 2 aromatic carbocycles. The Labute approximate surface area is 126 Å². The third-order valence-corrected chi connectivity index (χ3v) is 4.84. The van der Waals surface area contributed by atoms with Gasteiger partial charge in [-0.1, -0.05) is 17.7 Å². The maximum absolute atomic E-state index is 12.5. The second-order valence-corrected chi connectivity index (χ2v) is 6.27. The Morgan fingerprint density at radius 1 is 1.30 bits per heavy atom. The van der Waals surface area contributed by atoms with Crippen molar-refractivity contribution >= 4 is 28.1 Å². The minimum atomic E-state index is -1.20. The summed E-state index contributed by atoms with van der Waals surface area (Å²) < 4.78 is 17.8. The fourth-order valence-corrected chi connectivity index (χ4v) is 3.50. The molecule has 2 N–H and O–H groups in total. The summed E-state index contributed by atoms with van der Waals surface area (Å²) in [6.45, 7) is 1.87. The molecular formula is C15H16ClNO2S. The molecule has 1 unspecified atom stereocenters. The molecule has 20 heavy (non-hydrogen) atoms. The number of rotatable bonds is 4. The molecule has 0 aliphatic rings. The van der Waals surface area contributed by atoms with E-state index in [-0.39, 0.29) is 0 Å². The van der Waals surface area contributed by atoms with E-state index in [2.05, 4.69) is 0 Å². The van der Waals surface area contributed by atoms with Crippen LogP contribution in [0.25, 0.3) is 0 Å². The van der Waals surface area contributed by atoms with Gasteiger partial charge >= 0.3 is 0 Å². The van der Waals surface area contributed by atoms with E-state index in [0.29, 0.717) is 22.2 Å². The summed E-state index contributed by atoms with van der Waals surface area (Å²) in [4.78, 5) is 0.743. The standard InChI is InChI=1S/C15H16ClNO2S/c1-10-13(17)4-3-5-15(10)20(18)9-11-8-12(16)6-7-14(11)19-2/h3-8H,9,17H2,1-2H3. The quantitative estimate of drug-likeness (QED) is 0.879. The second kappa shape index (κ2) is 6.29. The van der Waals surface area contributed by atoms with Gasteiger partial charge in [-0.3, -0.25) is 4.21 Å². The van der Waals surface area contributed by atoms with Crippen molar-refractivity contribution in [3.05, 3.63) is 52.5 Å². The van der Waals surface area contributed by atoms with Crippen LogP contribution in [0.3, 0.4) is 0 Å². The molecule has 0 heterocycles. The van der Waals surface area contributed by atoms with Gasteiger partial charge in [0.15, 0.2) is 0 Å². The van der Waals surface area contributed by atoms with Crippen LogP contribution in [0.5, 0.6) is 5.75 Å². The van der Waals surface area contributed by atoms with Gasteiger partial charge in [-0.25, -0.2) is 0 Å². The second-order valence-electron chi connectivity index (χ2n) is 4.42. The zero-order chi connectivity index (χ0) is 14.7. The molecule has 0 aromatic heterocycles. The SMILES string of the molecule is COc1ccc(Cl)cc1CS(=O)c1cccc(N)c1C. The van der Waals surface area contributed by atoms with Crippen molar-refractivity contribution in [1.82, 2.24) is 0 Å². The zero-order valence-electron chi connectivity index (χ0n) is 11.4. The number of nitrogens with two attached hydrogens (primary N) is 1. The highest BCUT2D eigenvalue weighted by molar-refractivity contribution is 7.84. The zero-order valence-corrected chi connectivity index (χ0v) is 12.9. The van der Waals surface area contributed by atoms with Crippen molar-refractivity contribution < 1.29 is 8.95 Å². The molecule has 0 spiro atoms. The van der Waals surface area contributed by atoms with E-state index >= 15 is 0 Å². The summed E-state index contributed by atoms with van der Waals surface area (Å²) in [6, 6.07) is 10.7. The Morgan fingerprint density at radius 2 is 2.05 bits per heavy atom. The van der Waals surface area contributed by atoms with Crippen molar-refractivity contribution in [2.24, 2.45) is 0 Å². The molecule has 0 saturated carbocycles. The van der Waals surface area contributed by atoms with Crippen LogP contribution in [-0.4, -0.2) is 11.3 Å². The molecule has 0 saturated heterocycles. The van der Waals surface area contributed by atoms with Crippen molar-refractivity contribution in [1.29, 1.82) is 0 Å². The molecule has 0 bridgehead atoms. The maximum Gasteiger partial charge on any atom is 0.123 e. The number of hydrogen-bond acceptors (Lipinski definition) is 3. The fraction of sp³-hybridized carbons (Fsp3) is 0.200. The third kappa shape index (κ3) is 3.14. The number of nitrogen functional groups attached to an aromatic ring is 1. The average molecular weight is 310 g/mol. The van der Waals surface area contributed by atoms with Crippen LogP contribution in [0.4, 0.5) is 5.69 Å². The lowest BCUT2D eigenvalue weighted by atomic mass is 10.2. The average Bonchev–Trinajstić information content (AvgIpc) is 2.42. The highest BCUT2D eigenvalue weighted by Gasteiger charge is 2.13. The molecule has 1 atom stereocenters. The molecular weight excluding hydrogens is 294 g/mol. The molecule has 2 rings (SSSR count). The molecule has 5 heteroatoms. The summed E-state index contributed by atoms with van der Waals surface area (Å²) in [5, 5.41) is 0.599. The summed E-state index contributed by atoms with van der Waals surface area (Å²) in [7, 11) is 0.390. The van der Waals surface area contributed by atoms with E-state index in [9.17, 15) is 4.21 Å². The van der Waals surface area contributed by atoms with Gasteiger partial charge in [0.05, 0.1) is 23.7 Å². The van der Waals surface area contributed by atoms with Gasteiger partial charge in [0.1, 0.15) is 5.75 Å². The van der Waals surface area contributed by atoms with Gasteiger partial charge in [0, 0.05) is 21.2 Å². The fourth-order valence-electron chi connectivity index (χ4n) is 1.96. The van der Waals surface area contributed by atoms with E-state index in [1.807, 2.05) is 19.1 Å². The van der Waals surface area contributed by atoms with Gasteiger partial charge in [-0.2, -0.15) is 0 Å². The van der Waals surface area contributed by atoms with E-state index in [4.69, 9.17) is 22.1 Å². The van der Waals surface area contributed by atoms with Crippen LogP contribution in [0.1, 0.15) is 11.1 Å². The number of halogens is 1. The summed E-state index contributed by atoms with van der Waals surface area (Å²) in [5.41, 5.74) is 8.17. The lowest BCUT2D eigenvalue weighted by molar-refractivity contribution is 0.411. The van der Waals surface area contributed by atoms with E-state index in [1.165, 1.54) is 0 Å². The molecule has 106 valence electrons. The topological polar surface area (TPSA) is 52.3 Å². The van der Waals surface area contributed by atoms with E-state index in [1.54, 1.807) is 31.4 Å². The van der Waals surface area contributed by atoms with Crippen molar-refractivity contribution in [3.8, 4) is 5.75 Å². The van der Waals surface area contributed by atoms with Crippen LogP contribution in [0.15, 0.2) is 41.3 Å². The van der Waals surface area contributed by atoms with Gasteiger partial charge in [-0.05, 0) is 42.8 Å². The van der Waals surface area contributed by atoms with Gasteiger partial charge in [0.2, 0.25) is 0 Å². The molecule has 0 aliphatic heterocycles. The molecule has 2 aromatic rings. The molecule has 0 radical (unpaired) electrons. The highest BCUT2D eigenvalue weighted by atomic mass is 35.5. The Hall–Kier alpha value is -1.52. The first-order valence-electron chi connectivity index (χ1n) is 6.09. The summed E-state index contributed by atoms with van der Waals surface area (Å²) in [5.74, 6) is 1.03. The maximum atomic E-state index is 12.5. The Bertz CT molecular complexity index is 658. The first-order chi connectivity index (χ1) is 9.52. The van der Waals surface area contributed by atoms with Gasteiger partial charge in [0.25, 0.3) is 0 Å². The van der Waals surface area contributed by atoms with Crippen molar-refractivity contribution in [2.45, 2.75) is 17.6 Å². The smallest absolute Gasteiger partial charge is 0.123 e. The lowest BCUT2D eigenvalue weighted by Crippen LogP contribution is -2.02. The van der Waals surface area contributed by atoms with Crippen molar-refractivity contribution in [3.63, 3.8) is 0 Å². The first kappa shape index (κ1) is 14.9. The Kier molecular flexibility index (Phi) is 4.68. The van der Waals surface area contributed by atoms with Crippen LogP contribution in [0.2, 0.25) is 5.02 Å². The molecule has 0 aliphatic carbocycles. The Morgan fingerprint density at radius 3 is 2.75 bits per heavy atom. The number of hydrogen-bond donors (Lipinski definition) is 1. The minimum Gasteiger partial charge on any atom is -0.496 e. The summed E-state index contributed by atoms with van der Waals surface area (Å²) >= 11 is 5.99. The van der Waals surface area contributed by atoms with Crippen molar-refractivity contribution in [2.75, 3.05) is 12.8 Å². The van der Waals surface area contributed by atoms with Gasteiger partial charge in [-0.15, -0.1) is 0 Å². The number of benzene rings is 2. The van der Waals surface area contributed by atoms with Crippen LogP contribution in [-0.2, 0) is 16.6 Å². The van der Waals surface area contributed by atoms with Crippen LogP contribution < -0.4 is 10.5 Å². The summed E-state index contributed by atoms with van der Waals surface area (Å²) in [6.07, 6.45) is 0.